The standard InChI is InChI=1S/C13H11BrFN3OS/c1-2-12-17-18-13(20-12)16-11(19)6-3-8-7-9(14)4-5-10(8)15/h3-7H,2H2,1H3,(H,16,18,19). The molecule has 0 fully saturated rings. The van der Waals surface area contributed by atoms with Gasteiger partial charge < -0.3 is 0 Å². The molecular weight excluding hydrogens is 345 g/mol. The average molecular weight is 356 g/mol. The quantitative estimate of drug-likeness (QED) is 0.851. The first kappa shape index (κ1) is 14.8. The zero-order valence-corrected chi connectivity index (χ0v) is 13.0. The molecule has 4 nitrogen and oxygen atoms in total. The van der Waals surface area contributed by atoms with Crippen LogP contribution in [-0.2, 0) is 11.2 Å². The second kappa shape index (κ2) is 6.71. The molecule has 0 radical (unpaired) electrons. The first-order chi connectivity index (χ1) is 9.58. The second-order valence-corrected chi connectivity index (χ2v) is 5.82. The van der Waals surface area contributed by atoms with E-state index in [1.54, 1.807) is 12.1 Å². The lowest BCUT2D eigenvalue weighted by Crippen LogP contribution is -2.07. The number of carbonyl (C=O) groups excluding carboxylic acids is 1. The molecule has 104 valence electrons. The number of halogens is 2. The molecule has 0 aliphatic rings. The normalized spacial score (nSPS) is 10.9. The molecule has 2 rings (SSSR count). The minimum Gasteiger partial charge on any atom is -0.297 e. The molecule has 0 bridgehead atoms. The van der Waals surface area contributed by atoms with Crippen LogP contribution in [0.2, 0.25) is 0 Å². The highest BCUT2D eigenvalue weighted by atomic mass is 79.9. The lowest BCUT2D eigenvalue weighted by Gasteiger charge is -1.98. The summed E-state index contributed by atoms with van der Waals surface area (Å²) in [6.45, 7) is 1.96. The van der Waals surface area contributed by atoms with Crippen molar-refractivity contribution in [3.05, 3.63) is 45.1 Å². The van der Waals surface area contributed by atoms with Gasteiger partial charge in [-0.25, -0.2) is 4.39 Å². The monoisotopic (exact) mass is 355 g/mol. The Balaban J connectivity index is 2.03. The van der Waals surface area contributed by atoms with Crippen molar-refractivity contribution >= 4 is 44.4 Å². The molecule has 0 aliphatic carbocycles. The van der Waals surface area contributed by atoms with Crippen LogP contribution in [-0.4, -0.2) is 16.1 Å². The van der Waals surface area contributed by atoms with Crippen LogP contribution in [0, 0.1) is 5.82 Å². The minimum absolute atomic E-state index is 0.334. The van der Waals surface area contributed by atoms with Crippen LogP contribution in [0.4, 0.5) is 9.52 Å². The summed E-state index contributed by atoms with van der Waals surface area (Å²) in [4.78, 5) is 11.7. The number of rotatable bonds is 4. The molecule has 0 aliphatic heterocycles. The molecule has 1 aromatic carbocycles. The molecule has 0 saturated carbocycles. The summed E-state index contributed by atoms with van der Waals surface area (Å²) >= 11 is 4.57. The van der Waals surface area contributed by atoms with Gasteiger partial charge in [0.05, 0.1) is 0 Å². The Kier molecular flexibility index (Phi) is 4.97. The van der Waals surface area contributed by atoms with Crippen LogP contribution in [0.5, 0.6) is 0 Å². The first-order valence-electron chi connectivity index (χ1n) is 5.85. The van der Waals surface area contributed by atoms with Crippen LogP contribution in [0.1, 0.15) is 17.5 Å². The lowest BCUT2D eigenvalue weighted by molar-refractivity contribution is -0.111. The largest absolute Gasteiger partial charge is 0.297 e. The molecule has 0 unspecified atom stereocenters. The summed E-state index contributed by atoms with van der Waals surface area (Å²) in [5.74, 6) is -0.760. The maximum absolute atomic E-state index is 13.5. The molecule has 1 heterocycles. The molecule has 1 amide bonds. The Bertz CT molecular complexity index is 657. The van der Waals surface area contributed by atoms with Crippen molar-refractivity contribution in [1.82, 2.24) is 10.2 Å². The number of nitrogens with zero attached hydrogens (tertiary/aromatic N) is 2. The molecule has 1 N–H and O–H groups in total. The highest BCUT2D eigenvalue weighted by molar-refractivity contribution is 9.10. The molecule has 1 aromatic heterocycles. The van der Waals surface area contributed by atoms with Crippen molar-refractivity contribution in [3.63, 3.8) is 0 Å². The van der Waals surface area contributed by atoms with E-state index in [1.165, 1.54) is 29.6 Å². The van der Waals surface area contributed by atoms with E-state index < -0.39 is 0 Å². The summed E-state index contributed by atoms with van der Waals surface area (Å²) in [5.41, 5.74) is 0.334. The van der Waals surface area contributed by atoms with Gasteiger partial charge in [-0.3, -0.25) is 10.1 Å². The van der Waals surface area contributed by atoms with Gasteiger partial charge in [-0.05, 0) is 30.7 Å². The molecule has 0 spiro atoms. The van der Waals surface area contributed by atoms with Crippen molar-refractivity contribution in [1.29, 1.82) is 0 Å². The Morgan fingerprint density at radius 2 is 2.30 bits per heavy atom. The molecule has 7 heteroatoms. The number of nitrogens with one attached hydrogen (secondary N) is 1. The minimum atomic E-state index is -0.388. The highest BCUT2D eigenvalue weighted by Gasteiger charge is 2.05. The number of hydrogen-bond acceptors (Lipinski definition) is 4. The van der Waals surface area contributed by atoms with Gasteiger partial charge >= 0.3 is 0 Å². The summed E-state index contributed by atoms with van der Waals surface area (Å²) in [7, 11) is 0. The molecule has 0 atom stereocenters. The average Bonchev–Trinajstić information content (AvgIpc) is 2.87. The smallest absolute Gasteiger partial charge is 0.250 e. The van der Waals surface area contributed by atoms with Gasteiger partial charge in [0, 0.05) is 16.1 Å². The zero-order valence-electron chi connectivity index (χ0n) is 10.6. The van der Waals surface area contributed by atoms with Gasteiger partial charge in [0.2, 0.25) is 11.0 Å². The van der Waals surface area contributed by atoms with E-state index in [2.05, 4.69) is 31.4 Å². The number of benzene rings is 1. The van der Waals surface area contributed by atoms with Crippen molar-refractivity contribution in [2.75, 3.05) is 5.32 Å². The SMILES string of the molecule is CCc1nnc(NC(=O)C=Cc2cc(Br)ccc2F)s1. The van der Waals surface area contributed by atoms with Gasteiger partial charge in [0.15, 0.2) is 0 Å². The van der Waals surface area contributed by atoms with Crippen LogP contribution in [0.3, 0.4) is 0 Å². The van der Waals surface area contributed by atoms with Crippen molar-refractivity contribution in [2.24, 2.45) is 0 Å². The zero-order chi connectivity index (χ0) is 14.5. The van der Waals surface area contributed by atoms with Gasteiger partial charge in [-0.1, -0.05) is 34.2 Å². The fourth-order valence-corrected chi connectivity index (χ4v) is 2.46. The van der Waals surface area contributed by atoms with E-state index in [-0.39, 0.29) is 11.7 Å². The number of carbonyl (C=O) groups is 1. The lowest BCUT2D eigenvalue weighted by atomic mass is 10.2. The fraction of sp³-hybridized carbons (Fsp3) is 0.154. The first-order valence-corrected chi connectivity index (χ1v) is 7.46. The predicted octanol–water partition coefficient (Wildman–Crippen LogP) is 3.65. The molecule has 0 saturated heterocycles. The third-order valence-corrected chi connectivity index (χ3v) is 3.85. The fourth-order valence-electron chi connectivity index (χ4n) is 1.40. The second-order valence-electron chi connectivity index (χ2n) is 3.84. The number of aryl methyl sites for hydroxylation is 1. The van der Waals surface area contributed by atoms with E-state index in [9.17, 15) is 9.18 Å². The van der Waals surface area contributed by atoms with Crippen molar-refractivity contribution in [3.8, 4) is 0 Å². The van der Waals surface area contributed by atoms with Crippen LogP contribution in [0.15, 0.2) is 28.7 Å². The van der Waals surface area contributed by atoms with E-state index in [0.717, 1.165) is 15.9 Å². The third-order valence-electron chi connectivity index (χ3n) is 2.37. The van der Waals surface area contributed by atoms with Crippen molar-refractivity contribution in [2.45, 2.75) is 13.3 Å². The highest BCUT2D eigenvalue weighted by Crippen LogP contribution is 2.17. The molecule has 20 heavy (non-hydrogen) atoms. The summed E-state index contributed by atoms with van der Waals surface area (Å²) in [6.07, 6.45) is 3.45. The van der Waals surface area contributed by atoms with Gasteiger partial charge in [0.25, 0.3) is 0 Å². The molecule has 2 aromatic rings. The Labute approximate surface area is 127 Å². The maximum Gasteiger partial charge on any atom is 0.250 e. The van der Waals surface area contributed by atoms with Crippen LogP contribution < -0.4 is 5.32 Å². The Morgan fingerprint density at radius 3 is 3.00 bits per heavy atom. The third kappa shape index (κ3) is 3.94. The maximum atomic E-state index is 13.5. The predicted molar refractivity (Wildman–Crippen MR) is 81.1 cm³/mol. The van der Waals surface area contributed by atoms with E-state index in [0.29, 0.717) is 10.7 Å². The molecular formula is C13H11BrFN3OS. The van der Waals surface area contributed by atoms with E-state index >= 15 is 0 Å². The number of amides is 1. The van der Waals surface area contributed by atoms with Crippen LogP contribution in [0.25, 0.3) is 6.08 Å². The van der Waals surface area contributed by atoms with E-state index in [4.69, 9.17) is 0 Å². The Hall–Kier alpha value is -1.60. The summed E-state index contributed by atoms with van der Waals surface area (Å²) in [6, 6.07) is 4.53. The number of hydrogen-bond donors (Lipinski definition) is 1. The van der Waals surface area contributed by atoms with E-state index in [1.807, 2.05) is 6.92 Å². The van der Waals surface area contributed by atoms with Gasteiger partial charge in [0.1, 0.15) is 10.8 Å². The topological polar surface area (TPSA) is 54.9 Å². The van der Waals surface area contributed by atoms with Gasteiger partial charge in [-0.2, -0.15) is 0 Å². The summed E-state index contributed by atoms with van der Waals surface area (Å²) in [5, 5.41) is 11.6. The van der Waals surface area contributed by atoms with Gasteiger partial charge in [-0.15, -0.1) is 10.2 Å². The Morgan fingerprint density at radius 1 is 1.50 bits per heavy atom. The summed E-state index contributed by atoms with van der Waals surface area (Å²) < 4.78 is 14.2. The van der Waals surface area contributed by atoms with Crippen molar-refractivity contribution < 1.29 is 9.18 Å². The number of anilines is 1. The number of aromatic nitrogens is 2. The van der Waals surface area contributed by atoms with Crippen LogP contribution >= 0.6 is 27.3 Å².